The molecule has 1 fully saturated rings. The molecule has 0 bridgehead atoms. The number of allylic oxidation sites excluding steroid dienone is 1. The molecular weight excluding hydrogens is 580 g/mol. The molecule has 240 valence electrons. The summed E-state index contributed by atoms with van der Waals surface area (Å²) in [7, 11) is 0. The zero-order chi connectivity index (χ0) is 33.2. The van der Waals surface area contributed by atoms with Crippen LogP contribution in [0.25, 0.3) is 17.0 Å². The lowest BCUT2D eigenvalue weighted by molar-refractivity contribution is 0.428. The van der Waals surface area contributed by atoms with Gasteiger partial charge in [-0.2, -0.15) is 0 Å². The predicted molar refractivity (Wildman–Crippen MR) is 183 cm³/mol. The maximum absolute atomic E-state index is 15.3. The maximum Gasteiger partial charge on any atom is 0.167 e. The lowest BCUT2D eigenvalue weighted by Crippen LogP contribution is -2.24. The first-order valence-electron chi connectivity index (χ1n) is 15.9. The molecular formula is C38H43F2N5O. The van der Waals surface area contributed by atoms with E-state index in [0.29, 0.717) is 24.3 Å². The number of nitrogen functional groups attached to an aromatic ring is 1. The van der Waals surface area contributed by atoms with Gasteiger partial charge in [0.15, 0.2) is 11.6 Å². The van der Waals surface area contributed by atoms with Crippen molar-refractivity contribution in [1.82, 2.24) is 15.3 Å². The lowest BCUT2D eigenvalue weighted by Gasteiger charge is -2.29. The van der Waals surface area contributed by atoms with E-state index in [0.717, 1.165) is 75.8 Å². The molecule has 4 aromatic rings. The Morgan fingerprint density at radius 1 is 1.11 bits per heavy atom. The number of nitrogens with two attached hydrogens (primary N) is 1. The fraction of sp³-hybridized carbons (Fsp3) is 0.342. The smallest absolute Gasteiger partial charge is 0.167 e. The Balaban J connectivity index is 1.60. The van der Waals surface area contributed by atoms with Crippen LogP contribution in [-0.2, 0) is 5.41 Å². The van der Waals surface area contributed by atoms with Crippen molar-refractivity contribution >= 4 is 17.6 Å². The average molecular weight is 624 g/mol. The van der Waals surface area contributed by atoms with Crippen molar-refractivity contribution in [2.45, 2.75) is 78.2 Å². The number of hydrogen-bond donors (Lipinski definition) is 3. The number of aryl methyl sites for hydroxylation is 1. The zero-order valence-corrected chi connectivity index (χ0v) is 27.5. The van der Waals surface area contributed by atoms with Gasteiger partial charge in [0.05, 0.1) is 17.4 Å². The highest BCUT2D eigenvalue weighted by atomic mass is 19.1. The third-order valence-electron chi connectivity index (χ3n) is 9.15. The topological polar surface area (TPSA) is 96.4 Å². The molecule has 0 aliphatic heterocycles. The van der Waals surface area contributed by atoms with Crippen LogP contribution in [0.5, 0.6) is 5.75 Å². The first kappa shape index (κ1) is 32.8. The van der Waals surface area contributed by atoms with Crippen molar-refractivity contribution in [3.8, 4) is 17.0 Å². The average Bonchev–Trinajstić information content (AvgIpc) is 3.87. The third kappa shape index (κ3) is 6.96. The minimum absolute atomic E-state index is 0.0553. The van der Waals surface area contributed by atoms with E-state index in [2.05, 4.69) is 54.3 Å². The molecule has 1 aliphatic rings. The van der Waals surface area contributed by atoms with Gasteiger partial charge in [-0.15, -0.1) is 0 Å². The summed E-state index contributed by atoms with van der Waals surface area (Å²) in [4.78, 5) is 13.9. The molecule has 1 saturated carbocycles. The molecule has 5 rings (SSSR count). The molecule has 2 aromatic carbocycles. The Bertz CT molecular complexity index is 1800. The van der Waals surface area contributed by atoms with E-state index < -0.39 is 17.4 Å². The van der Waals surface area contributed by atoms with Gasteiger partial charge in [0, 0.05) is 59.6 Å². The minimum atomic E-state index is -1.01. The van der Waals surface area contributed by atoms with E-state index in [-0.39, 0.29) is 16.9 Å². The van der Waals surface area contributed by atoms with E-state index in [4.69, 9.17) is 10.7 Å². The predicted octanol–water partition coefficient (Wildman–Crippen LogP) is 8.38. The quantitative estimate of drug-likeness (QED) is 0.115. The number of halogens is 2. The molecule has 4 N–H and O–H groups in total. The van der Waals surface area contributed by atoms with Crippen LogP contribution in [0, 0.1) is 25.5 Å². The van der Waals surface area contributed by atoms with Crippen LogP contribution >= 0.6 is 0 Å². The summed E-state index contributed by atoms with van der Waals surface area (Å²) in [6.45, 7) is 12.8. The number of aliphatic imine (C=N–C) groups is 1. The first-order valence-corrected chi connectivity index (χ1v) is 15.9. The van der Waals surface area contributed by atoms with E-state index in [1.165, 1.54) is 0 Å². The van der Waals surface area contributed by atoms with Crippen molar-refractivity contribution < 1.29 is 13.9 Å². The van der Waals surface area contributed by atoms with Crippen LogP contribution in [0.4, 0.5) is 14.5 Å². The lowest BCUT2D eigenvalue weighted by atomic mass is 9.78. The van der Waals surface area contributed by atoms with Crippen LogP contribution in [0.2, 0.25) is 0 Å². The Morgan fingerprint density at radius 3 is 2.48 bits per heavy atom. The Morgan fingerprint density at radius 2 is 1.83 bits per heavy atom. The Kier molecular flexibility index (Phi) is 9.56. The summed E-state index contributed by atoms with van der Waals surface area (Å²) in [5.74, 6) is -2.67. The molecule has 1 aliphatic carbocycles. The number of phenolic OH excluding ortho intramolecular Hbond substituents is 1. The fourth-order valence-electron chi connectivity index (χ4n) is 5.75. The summed E-state index contributed by atoms with van der Waals surface area (Å²) in [6.07, 6.45) is 10.5. The fourth-order valence-corrected chi connectivity index (χ4v) is 5.75. The highest BCUT2D eigenvalue weighted by Gasteiger charge is 2.28. The molecule has 0 spiro atoms. The summed E-state index contributed by atoms with van der Waals surface area (Å²) in [5, 5.41) is 13.9. The van der Waals surface area contributed by atoms with Gasteiger partial charge in [0.25, 0.3) is 0 Å². The number of rotatable bonds is 11. The van der Waals surface area contributed by atoms with Crippen molar-refractivity contribution in [2.24, 2.45) is 4.99 Å². The molecule has 2 aromatic heterocycles. The van der Waals surface area contributed by atoms with Crippen molar-refractivity contribution in [3.05, 3.63) is 112 Å². The monoisotopic (exact) mass is 623 g/mol. The van der Waals surface area contributed by atoms with Crippen molar-refractivity contribution in [1.29, 1.82) is 0 Å². The van der Waals surface area contributed by atoms with Crippen LogP contribution < -0.4 is 11.1 Å². The first-order chi connectivity index (χ1) is 21.9. The Hall–Kier alpha value is -4.59. The van der Waals surface area contributed by atoms with Gasteiger partial charge in [-0.25, -0.2) is 8.78 Å². The second kappa shape index (κ2) is 13.4. The number of benzene rings is 2. The van der Waals surface area contributed by atoms with Gasteiger partial charge >= 0.3 is 0 Å². The zero-order valence-electron chi connectivity index (χ0n) is 27.5. The van der Waals surface area contributed by atoms with Gasteiger partial charge in [-0.3, -0.25) is 15.0 Å². The van der Waals surface area contributed by atoms with Crippen LogP contribution in [-0.4, -0.2) is 33.9 Å². The number of aromatic hydroxyl groups is 1. The highest BCUT2D eigenvalue weighted by Crippen LogP contribution is 2.39. The van der Waals surface area contributed by atoms with E-state index in [1.54, 1.807) is 12.4 Å². The van der Waals surface area contributed by atoms with E-state index >= 15 is 4.39 Å². The molecule has 0 amide bonds. The van der Waals surface area contributed by atoms with E-state index in [1.807, 2.05) is 45.2 Å². The van der Waals surface area contributed by atoms with Gasteiger partial charge in [0.1, 0.15) is 5.82 Å². The molecule has 8 heteroatoms. The van der Waals surface area contributed by atoms with Crippen LogP contribution in [0.3, 0.4) is 0 Å². The van der Waals surface area contributed by atoms with Gasteiger partial charge in [-0.05, 0) is 110 Å². The third-order valence-corrected chi connectivity index (χ3v) is 9.15. The van der Waals surface area contributed by atoms with Crippen LogP contribution in [0.15, 0.2) is 65.9 Å². The van der Waals surface area contributed by atoms with Gasteiger partial charge in [0.2, 0.25) is 0 Å². The normalized spacial score (nSPS) is 14.6. The number of nitrogens with one attached hydrogen (secondary N) is 1. The van der Waals surface area contributed by atoms with Crippen LogP contribution in [0.1, 0.15) is 91.9 Å². The molecule has 2 heterocycles. The Labute approximate surface area is 270 Å². The van der Waals surface area contributed by atoms with Crippen molar-refractivity contribution in [3.63, 3.8) is 0 Å². The number of nitrogens with zero attached hydrogens (tertiary/aromatic N) is 3. The SMILES string of the molecule is CC=C(NCC(c1ccncc1)c1cc(C(C)(C)CC)c(C)c(-c2cc(O)c(F)cc2F)n1)c1cc(C)c(N)c(C=NC2CC2)c1. The summed E-state index contributed by atoms with van der Waals surface area (Å²) < 4.78 is 29.4. The molecule has 0 radical (unpaired) electrons. The van der Waals surface area contributed by atoms with Crippen molar-refractivity contribution in [2.75, 3.05) is 12.3 Å². The minimum Gasteiger partial charge on any atom is -0.505 e. The summed E-state index contributed by atoms with van der Waals surface area (Å²) in [5.41, 5.74) is 14.6. The molecule has 0 saturated heterocycles. The van der Waals surface area contributed by atoms with Gasteiger partial charge < -0.3 is 16.2 Å². The molecule has 1 atom stereocenters. The number of phenols is 1. The molecule has 6 nitrogen and oxygen atoms in total. The van der Waals surface area contributed by atoms with E-state index in [9.17, 15) is 9.50 Å². The summed E-state index contributed by atoms with van der Waals surface area (Å²) in [6, 6.07) is 12.4. The number of aromatic nitrogens is 2. The number of hydrogen-bond acceptors (Lipinski definition) is 6. The second-order valence-electron chi connectivity index (χ2n) is 12.8. The summed E-state index contributed by atoms with van der Waals surface area (Å²) >= 11 is 0. The van der Waals surface area contributed by atoms with Gasteiger partial charge in [-0.1, -0.05) is 26.8 Å². The number of pyridine rings is 2. The number of anilines is 1. The second-order valence-corrected chi connectivity index (χ2v) is 12.8. The molecule has 46 heavy (non-hydrogen) atoms. The molecule has 1 unspecified atom stereocenters. The maximum atomic E-state index is 15.3. The standard InChI is InChI=1S/C38H43F2N5O/c1-7-33(25-15-22(3)36(41)26(16-25)20-43-27-9-10-27)44-21-29(24-11-13-42-14-12-24)34-18-30(38(5,6)8-2)23(4)37(45-34)28-17-35(46)32(40)19-31(28)39/h7,11-20,27,29,44,46H,8-10,21,41H2,1-6H3. The highest BCUT2D eigenvalue weighted by molar-refractivity contribution is 5.90. The largest absolute Gasteiger partial charge is 0.505 e.